The van der Waals surface area contributed by atoms with Gasteiger partial charge in [0.25, 0.3) is 0 Å². The fraction of sp³-hybridized carbons (Fsp3) is 0.227. The minimum absolute atomic E-state index is 0. The van der Waals surface area contributed by atoms with Crippen molar-refractivity contribution in [3.63, 3.8) is 0 Å². The third-order valence-corrected chi connectivity index (χ3v) is 4.68. The Balaban J connectivity index is 0.00000210. The standard InChI is InChI=1S/C22H21FN2O.ClH/c23-20-8-5-17(6-9-20)19-11-16(12-24-14-19)13-25-15-21-10-7-18-3-1-2-4-22(18)26-21;/h1-6,8-9,11-12,14,21,25H,7,10,13,15H2;1H/t21-;/m0./s1. The minimum Gasteiger partial charge on any atom is -0.489 e. The maximum atomic E-state index is 13.1. The lowest BCUT2D eigenvalue weighted by Crippen LogP contribution is -2.33. The van der Waals surface area contributed by atoms with Crippen LogP contribution >= 0.6 is 12.4 Å². The summed E-state index contributed by atoms with van der Waals surface area (Å²) in [6.07, 6.45) is 5.94. The van der Waals surface area contributed by atoms with Crippen molar-refractivity contribution in [3.05, 3.63) is 83.9 Å². The number of fused-ring (bicyclic) bond motifs is 1. The molecule has 3 nitrogen and oxygen atoms in total. The first-order valence-electron chi connectivity index (χ1n) is 8.93. The Morgan fingerprint density at radius 3 is 2.70 bits per heavy atom. The second-order valence-electron chi connectivity index (χ2n) is 6.61. The topological polar surface area (TPSA) is 34.2 Å². The van der Waals surface area contributed by atoms with Crippen LogP contribution < -0.4 is 10.1 Å². The van der Waals surface area contributed by atoms with Crippen molar-refractivity contribution in [2.24, 2.45) is 0 Å². The molecule has 0 fully saturated rings. The normalized spacial score (nSPS) is 15.4. The number of benzene rings is 2. The summed E-state index contributed by atoms with van der Waals surface area (Å²) in [4.78, 5) is 4.31. The largest absolute Gasteiger partial charge is 0.489 e. The predicted molar refractivity (Wildman–Crippen MR) is 108 cm³/mol. The summed E-state index contributed by atoms with van der Waals surface area (Å²) < 4.78 is 19.1. The molecule has 2 aromatic carbocycles. The average molecular weight is 385 g/mol. The molecule has 0 amide bonds. The van der Waals surface area contributed by atoms with Crippen LogP contribution in [0.25, 0.3) is 11.1 Å². The van der Waals surface area contributed by atoms with Crippen LogP contribution in [0.5, 0.6) is 5.75 Å². The lowest BCUT2D eigenvalue weighted by molar-refractivity contribution is 0.170. The molecule has 0 bridgehead atoms. The van der Waals surface area contributed by atoms with E-state index in [0.29, 0.717) is 0 Å². The fourth-order valence-corrected chi connectivity index (χ4v) is 3.29. The molecular weight excluding hydrogens is 363 g/mol. The first-order chi connectivity index (χ1) is 12.8. The van der Waals surface area contributed by atoms with Gasteiger partial charge in [-0.1, -0.05) is 30.3 Å². The number of aromatic nitrogens is 1. The van der Waals surface area contributed by atoms with E-state index >= 15 is 0 Å². The van der Waals surface area contributed by atoms with E-state index in [4.69, 9.17) is 4.74 Å². The smallest absolute Gasteiger partial charge is 0.123 e. The Labute approximate surface area is 165 Å². The van der Waals surface area contributed by atoms with Crippen LogP contribution in [0.3, 0.4) is 0 Å². The highest BCUT2D eigenvalue weighted by Gasteiger charge is 2.18. The number of pyridine rings is 1. The SMILES string of the molecule is Cl.Fc1ccc(-c2cncc(CNC[C@@H]3CCc4ccccc4O3)c2)cc1. The number of hydrogen-bond donors (Lipinski definition) is 1. The molecule has 3 aromatic rings. The van der Waals surface area contributed by atoms with E-state index in [9.17, 15) is 4.39 Å². The lowest BCUT2D eigenvalue weighted by atomic mass is 10.0. The molecule has 0 spiro atoms. The quantitative estimate of drug-likeness (QED) is 0.686. The molecule has 1 aromatic heterocycles. The third-order valence-electron chi connectivity index (χ3n) is 4.68. The van der Waals surface area contributed by atoms with Crippen LogP contribution in [0.2, 0.25) is 0 Å². The van der Waals surface area contributed by atoms with Crippen molar-refractivity contribution >= 4 is 12.4 Å². The summed E-state index contributed by atoms with van der Waals surface area (Å²) in [6.45, 7) is 1.53. The van der Waals surface area contributed by atoms with Crippen molar-refractivity contribution in [1.82, 2.24) is 10.3 Å². The number of nitrogens with one attached hydrogen (secondary N) is 1. The average Bonchev–Trinajstić information content (AvgIpc) is 2.69. The van der Waals surface area contributed by atoms with E-state index < -0.39 is 0 Å². The predicted octanol–water partition coefficient (Wildman–Crippen LogP) is 4.79. The highest BCUT2D eigenvalue weighted by molar-refractivity contribution is 5.85. The molecule has 5 heteroatoms. The molecule has 0 saturated carbocycles. The van der Waals surface area contributed by atoms with Gasteiger partial charge in [0.2, 0.25) is 0 Å². The van der Waals surface area contributed by atoms with Crippen LogP contribution in [0.1, 0.15) is 17.5 Å². The Morgan fingerprint density at radius 2 is 1.85 bits per heavy atom. The number of rotatable bonds is 5. The summed E-state index contributed by atoms with van der Waals surface area (Å²) in [7, 11) is 0. The molecule has 140 valence electrons. The second kappa shape index (κ2) is 8.98. The Hall–Kier alpha value is -2.43. The molecule has 1 atom stereocenters. The molecule has 0 saturated heterocycles. The van der Waals surface area contributed by atoms with E-state index in [0.717, 1.165) is 48.4 Å². The first-order valence-corrected chi connectivity index (χ1v) is 8.93. The van der Waals surface area contributed by atoms with Gasteiger partial charge in [0.1, 0.15) is 17.7 Å². The van der Waals surface area contributed by atoms with Gasteiger partial charge in [-0.25, -0.2) is 4.39 Å². The lowest BCUT2D eigenvalue weighted by Gasteiger charge is -2.26. The second-order valence-corrected chi connectivity index (χ2v) is 6.61. The van der Waals surface area contributed by atoms with Crippen molar-refractivity contribution < 1.29 is 9.13 Å². The number of hydrogen-bond acceptors (Lipinski definition) is 3. The maximum Gasteiger partial charge on any atom is 0.123 e. The molecule has 1 aliphatic heterocycles. The van der Waals surface area contributed by atoms with Gasteiger partial charge in [0, 0.05) is 31.0 Å². The van der Waals surface area contributed by atoms with Crippen LogP contribution in [0.15, 0.2) is 67.0 Å². The van der Waals surface area contributed by atoms with Crippen LogP contribution in [-0.4, -0.2) is 17.6 Å². The van der Waals surface area contributed by atoms with Crippen molar-refractivity contribution in [2.45, 2.75) is 25.5 Å². The van der Waals surface area contributed by atoms with Crippen LogP contribution in [0, 0.1) is 5.82 Å². The minimum atomic E-state index is -0.228. The van der Waals surface area contributed by atoms with Crippen LogP contribution in [-0.2, 0) is 13.0 Å². The molecule has 1 aliphatic rings. The number of halogens is 2. The zero-order valence-corrected chi connectivity index (χ0v) is 15.7. The number of para-hydroxylation sites is 1. The molecule has 4 rings (SSSR count). The van der Waals surface area contributed by atoms with Crippen molar-refractivity contribution in [1.29, 1.82) is 0 Å². The van der Waals surface area contributed by atoms with Crippen molar-refractivity contribution in [2.75, 3.05) is 6.54 Å². The van der Waals surface area contributed by atoms with Gasteiger partial charge in [0.05, 0.1) is 0 Å². The zero-order valence-electron chi connectivity index (χ0n) is 14.9. The van der Waals surface area contributed by atoms with Gasteiger partial charge in [-0.3, -0.25) is 4.98 Å². The van der Waals surface area contributed by atoms with E-state index in [1.54, 1.807) is 18.3 Å². The van der Waals surface area contributed by atoms with E-state index in [-0.39, 0.29) is 24.3 Å². The van der Waals surface area contributed by atoms with E-state index in [1.807, 2.05) is 18.3 Å². The molecule has 27 heavy (non-hydrogen) atoms. The summed E-state index contributed by atoms with van der Waals surface area (Å²) >= 11 is 0. The molecule has 2 heterocycles. The fourth-order valence-electron chi connectivity index (χ4n) is 3.29. The van der Waals surface area contributed by atoms with Gasteiger partial charge >= 0.3 is 0 Å². The molecule has 1 N–H and O–H groups in total. The van der Waals surface area contributed by atoms with Gasteiger partial charge in [-0.15, -0.1) is 12.4 Å². The first kappa shape index (κ1) is 19.3. The third kappa shape index (κ3) is 4.85. The molecule has 0 unspecified atom stereocenters. The van der Waals surface area contributed by atoms with Crippen molar-refractivity contribution in [3.8, 4) is 16.9 Å². The van der Waals surface area contributed by atoms with Gasteiger partial charge in [-0.2, -0.15) is 0 Å². The van der Waals surface area contributed by atoms with E-state index in [1.165, 1.54) is 17.7 Å². The Bertz CT molecular complexity index is 885. The maximum absolute atomic E-state index is 13.1. The van der Waals surface area contributed by atoms with Gasteiger partial charge < -0.3 is 10.1 Å². The van der Waals surface area contributed by atoms with Gasteiger partial charge in [0.15, 0.2) is 0 Å². The van der Waals surface area contributed by atoms with Gasteiger partial charge in [-0.05, 0) is 53.8 Å². The van der Waals surface area contributed by atoms with Crippen LogP contribution in [0.4, 0.5) is 4.39 Å². The highest BCUT2D eigenvalue weighted by Crippen LogP contribution is 2.26. The number of nitrogens with zero attached hydrogens (tertiary/aromatic N) is 1. The highest BCUT2D eigenvalue weighted by atomic mass is 35.5. The number of ether oxygens (including phenoxy) is 1. The summed E-state index contributed by atoms with van der Waals surface area (Å²) in [6, 6.07) is 16.8. The summed E-state index contributed by atoms with van der Waals surface area (Å²) in [5.41, 5.74) is 4.35. The molecule has 0 radical (unpaired) electrons. The number of aryl methyl sites for hydroxylation is 1. The molecular formula is C22H22ClFN2O. The summed E-state index contributed by atoms with van der Waals surface area (Å²) in [5, 5.41) is 3.47. The Morgan fingerprint density at radius 1 is 1.04 bits per heavy atom. The molecule has 0 aliphatic carbocycles. The zero-order chi connectivity index (χ0) is 17.8. The monoisotopic (exact) mass is 384 g/mol. The summed E-state index contributed by atoms with van der Waals surface area (Å²) in [5.74, 6) is 0.777. The Kier molecular flexibility index (Phi) is 6.43. The van der Waals surface area contributed by atoms with E-state index in [2.05, 4.69) is 28.5 Å².